The van der Waals surface area contributed by atoms with Gasteiger partial charge in [0.2, 0.25) is 0 Å². The van der Waals surface area contributed by atoms with Crippen LogP contribution in [0, 0.1) is 22.7 Å². The predicted molar refractivity (Wildman–Crippen MR) is 86.4 cm³/mol. The summed E-state index contributed by atoms with van der Waals surface area (Å²) in [7, 11) is 0. The summed E-state index contributed by atoms with van der Waals surface area (Å²) < 4.78 is 11.9. The summed E-state index contributed by atoms with van der Waals surface area (Å²) in [6.45, 7) is 9.24. The second kappa shape index (κ2) is 3.93. The summed E-state index contributed by atoms with van der Waals surface area (Å²) in [6, 6.07) is 0. The Labute approximate surface area is 138 Å². The molecule has 2 aliphatic heterocycles. The number of fused-ring (bicyclic) bond motifs is 4. The van der Waals surface area contributed by atoms with Crippen LogP contribution < -0.4 is 0 Å². The molecule has 3 aliphatic carbocycles. The molecule has 0 aromatic carbocycles. The molecule has 0 aromatic heterocycles. The molecule has 2 heterocycles. The lowest BCUT2D eigenvalue weighted by Gasteiger charge is -2.59. The van der Waals surface area contributed by atoms with Crippen LogP contribution in [0.5, 0.6) is 0 Å². The third-order valence-corrected chi connectivity index (χ3v) is 7.82. The van der Waals surface area contributed by atoms with E-state index in [4.69, 9.17) is 9.47 Å². The van der Waals surface area contributed by atoms with E-state index < -0.39 is 0 Å². The van der Waals surface area contributed by atoms with Crippen LogP contribution in [0.1, 0.15) is 59.8 Å². The van der Waals surface area contributed by atoms with Crippen molar-refractivity contribution in [3.8, 4) is 0 Å². The highest BCUT2D eigenvalue weighted by Crippen LogP contribution is 2.71. The Morgan fingerprint density at radius 3 is 2.74 bits per heavy atom. The van der Waals surface area contributed by atoms with Crippen molar-refractivity contribution >= 4 is 5.97 Å². The van der Waals surface area contributed by atoms with Gasteiger partial charge < -0.3 is 9.47 Å². The molecule has 0 radical (unpaired) electrons. The van der Waals surface area contributed by atoms with Gasteiger partial charge in [-0.3, -0.25) is 0 Å². The van der Waals surface area contributed by atoms with Gasteiger partial charge in [0.05, 0.1) is 0 Å². The molecule has 3 nitrogen and oxygen atoms in total. The van der Waals surface area contributed by atoms with Crippen LogP contribution >= 0.6 is 0 Å². The van der Waals surface area contributed by atoms with E-state index in [1.54, 1.807) is 0 Å². The number of carbonyl (C=O) groups excluding carboxylic acids is 1. The van der Waals surface area contributed by atoms with Crippen molar-refractivity contribution in [1.29, 1.82) is 0 Å². The minimum Gasteiger partial charge on any atom is -0.423 e. The number of epoxide rings is 1. The zero-order valence-electron chi connectivity index (χ0n) is 14.6. The molecule has 0 aromatic rings. The average molecular weight is 314 g/mol. The first kappa shape index (κ1) is 14.3. The van der Waals surface area contributed by atoms with Crippen LogP contribution in [-0.4, -0.2) is 17.7 Å². The summed E-state index contributed by atoms with van der Waals surface area (Å²) in [5.41, 5.74) is 2.41. The van der Waals surface area contributed by atoms with Gasteiger partial charge >= 0.3 is 5.97 Å². The summed E-state index contributed by atoms with van der Waals surface area (Å²) >= 11 is 0. The Morgan fingerprint density at radius 2 is 1.96 bits per heavy atom. The van der Waals surface area contributed by atoms with Gasteiger partial charge in [-0.1, -0.05) is 27.2 Å². The van der Waals surface area contributed by atoms with Crippen LogP contribution in [-0.2, 0) is 14.3 Å². The fourth-order valence-electron chi connectivity index (χ4n) is 6.72. The standard InChI is InChI=1S/C20H26O3/c1-11-15-12(22-17(11)21)10-14-19(4)8-5-7-18(2,3)13(19)6-9-20(14)16(15)23-20/h10,13-14,16H,5-9H2,1-4H3/t13-,14?,16-,19-,20+/m1/s1. The lowest BCUT2D eigenvalue weighted by molar-refractivity contribution is -0.133. The Balaban J connectivity index is 1.64. The molecular weight excluding hydrogens is 288 g/mol. The zero-order chi connectivity index (χ0) is 16.2. The molecular formula is C20H26O3. The van der Waals surface area contributed by atoms with Crippen molar-refractivity contribution < 1.29 is 14.3 Å². The summed E-state index contributed by atoms with van der Waals surface area (Å²) in [6.07, 6.45) is 8.62. The van der Waals surface area contributed by atoms with Crippen LogP contribution in [0.4, 0.5) is 0 Å². The van der Waals surface area contributed by atoms with Crippen molar-refractivity contribution in [2.75, 3.05) is 0 Å². The van der Waals surface area contributed by atoms with Crippen molar-refractivity contribution in [2.24, 2.45) is 22.7 Å². The first-order chi connectivity index (χ1) is 10.8. The second-order valence-corrected chi connectivity index (χ2v) is 9.33. The van der Waals surface area contributed by atoms with Crippen molar-refractivity contribution in [3.05, 3.63) is 23.0 Å². The highest BCUT2D eigenvalue weighted by Gasteiger charge is 2.73. The highest BCUT2D eigenvalue weighted by atomic mass is 16.6. The van der Waals surface area contributed by atoms with E-state index in [0.717, 1.165) is 29.2 Å². The lowest BCUT2D eigenvalue weighted by Crippen LogP contribution is -2.55. The van der Waals surface area contributed by atoms with Gasteiger partial charge in [0.25, 0.3) is 0 Å². The van der Waals surface area contributed by atoms with Crippen molar-refractivity contribution in [3.63, 3.8) is 0 Å². The summed E-state index contributed by atoms with van der Waals surface area (Å²) in [4.78, 5) is 12.0. The Hall–Kier alpha value is -1.09. The molecule has 0 amide bonds. The van der Waals surface area contributed by atoms with Crippen molar-refractivity contribution in [2.45, 2.75) is 71.5 Å². The highest BCUT2D eigenvalue weighted by molar-refractivity contribution is 5.94. The monoisotopic (exact) mass is 314 g/mol. The summed E-state index contributed by atoms with van der Waals surface area (Å²) in [5, 5.41) is 0. The number of esters is 1. The fraction of sp³-hybridized carbons (Fsp3) is 0.750. The first-order valence-corrected chi connectivity index (χ1v) is 9.13. The Bertz CT molecular complexity index is 685. The second-order valence-electron chi connectivity index (χ2n) is 9.33. The Morgan fingerprint density at radius 1 is 1.17 bits per heavy atom. The topological polar surface area (TPSA) is 38.8 Å². The van der Waals surface area contributed by atoms with Gasteiger partial charge in [-0.2, -0.15) is 0 Å². The smallest absolute Gasteiger partial charge is 0.339 e. The van der Waals surface area contributed by atoms with Crippen LogP contribution in [0.15, 0.2) is 23.0 Å². The molecule has 3 heteroatoms. The van der Waals surface area contributed by atoms with Gasteiger partial charge in [0.15, 0.2) is 0 Å². The number of hydrogen-bond donors (Lipinski definition) is 0. The molecule has 2 saturated carbocycles. The van der Waals surface area contributed by atoms with E-state index >= 15 is 0 Å². The molecule has 23 heavy (non-hydrogen) atoms. The van der Waals surface area contributed by atoms with Gasteiger partial charge in [0, 0.05) is 17.1 Å². The van der Waals surface area contributed by atoms with E-state index in [9.17, 15) is 4.79 Å². The van der Waals surface area contributed by atoms with Gasteiger partial charge in [0.1, 0.15) is 17.5 Å². The zero-order valence-corrected chi connectivity index (χ0v) is 14.6. The number of carbonyl (C=O) groups is 1. The maximum atomic E-state index is 12.0. The minimum atomic E-state index is -0.179. The number of rotatable bonds is 0. The largest absolute Gasteiger partial charge is 0.423 e. The van der Waals surface area contributed by atoms with Crippen molar-refractivity contribution in [1.82, 2.24) is 0 Å². The molecule has 5 atom stereocenters. The number of hydrogen-bond acceptors (Lipinski definition) is 3. The fourth-order valence-corrected chi connectivity index (χ4v) is 6.72. The molecule has 1 unspecified atom stereocenters. The third kappa shape index (κ3) is 1.53. The van der Waals surface area contributed by atoms with E-state index in [0.29, 0.717) is 11.3 Å². The van der Waals surface area contributed by atoms with E-state index in [-0.39, 0.29) is 23.1 Å². The normalized spacial score (nSPS) is 49.5. The lowest BCUT2D eigenvalue weighted by atomic mass is 9.45. The average Bonchev–Trinajstić information content (AvgIpc) is 3.11. The molecule has 5 aliphatic rings. The Kier molecular flexibility index (Phi) is 2.44. The maximum Gasteiger partial charge on any atom is 0.339 e. The van der Waals surface area contributed by atoms with Crippen LogP contribution in [0.25, 0.3) is 0 Å². The maximum absolute atomic E-state index is 12.0. The summed E-state index contributed by atoms with van der Waals surface area (Å²) in [5.74, 6) is 1.74. The van der Waals surface area contributed by atoms with Crippen LogP contribution in [0.2, 0.25) is 0 Å². The molecule has 1 spiro atoms. The molecule has 0 N–H and O–H groups in total. The predicted octanol–water partition coefficient (Wildman–Crippen LogP) is 4.14. The molecule has 5 rings (SSSR count). The van der Waals surface area contributed by atoms with Gasteiger partial charge in [-0.25, -0.2) is 4.79 Å². The minimum absolute atomic E-state index is 0.0489. The first-order valence-electron chi connectivity index (χ1n) is 9.13. The third-order valence-electron chi connectivity index (χ3n) is 7.82. The molecule has 124 valence electrons. The SMILES string of the molecule is CC1=C2C(=CC3[C@]4(C)CCCC(C)(C)[C@H]4CC[C@]34O[C@H]24)OC1=O. The van der Waals surface area contributed by atoms with E-state index in [1.165, 1.54) is 25.7 Å². The van der Waals surface area contributed by atoms with Gasteiger partial charge in [-0.15, -0.1) is 0 Å². The quantitative estimate of drug-likeness (QED) is 0.498. The number of ether oxygens (including phenoxy) is 2. The molecule has 0 bridgehead atoms. The molecule has 1 saturated heterocycles. The van der Waals surface area contributed by atoms with Gasteiger partial charge in [-0.05, 0) is 55.4 Å². The van der Waals surface area contributed by atoms with E-state index in [1.807, 2.05) is 6.92 Å². The van der Waals surface area contributed by atoms with E-state index in [2.05, 4.69) is 26.8 Å². The molecule has 3 fully saturated rings. The van der Waals surface area contributed by atoms with Crippen LogP contribution in [0.3, 0.4) is 0 Å².